The molecule has 0 saturated heterocycles. The summed E-state index contributed by atoms with van der Waals surface area (Å²) in [5.41, 5.74) is 1.06. The first kappa shape index (κ1) is 13.3. The van der Waals surface area contributed by atoms with Crippen molar-refractivity contribution in [2.45, 2.75) is 26.7 Å². The number of aromatic nitrogens is 1. The van der Waals surface area contributed by atoms with Crippen LogP contribution in [0.2, 0.25) is 5.02 Å². The number of hydrogen-bond donors (Lipinski definition) is 2. The number of rotatable bonds is 6. The quantitative estimate of drug-likeness (QED) is 0.806. The van der Waals surface area contributed by atoms with Crippen molar-refractivity contribution >= 4 is 17.3 Å². The molecule has 2 N–H and O–H groups in total. The molecule has 90 valence electrons. The first-order valence-corrected chi connectivity index (χ1v) is 5.87. The van der Waals surface area contributed by atoms with E-state index < -0.39 is 0 Å². The summed E-state index contributed by atoms with van der Waals surface area (Å²) in [6.45, 7) is 5.42. The molecule has 4 heteroatoms. The van der Waals surface area contributed by atoms with E-state index in [1.165, 1.54) is 0 Å². The van der Waals surface area contributed by atoms with E-state index in [9.17, 15) is 0 Å². The van der Waals surface area contributed by atoms with Gasteiger partial charge < -0.3 is 10.4 Å². The van der Waals surface area contributed by atoms with Crippen LogP contribution in [0.1, 0.15) is 26.7 Å². The van der Waals surface area contributed by atoms with Gasteiger partial charge in [-0.2, -0.15) is 0 Å². The van der Waals surface area contributed by atoms with Crippen LogP contribution in [0.5, 0.6) is 0 Å². The molecule has 16 heavy (non-hydrogen) atoms. The molecular weight excluding hydrogens is 224 g/mol. The van der Waals surface area contributed by atoms with Gasteiger partial charge in [0.2, 0.25) is 0 Å². The standard InChI is InChI=1S/C12H19ClN2O/c1-12(2,5-3-7-16)9-15-11-4-6-14-8-10(11)13/h4,6,8,16H,3,5,7,9H2,1-2H3,(H,14,15). The Labute approximate surface area is 102 Å². The highest BCUT2D eigenvalue weighted by Gasteiger charge is 2.17. The third kappa shape index (κ3) is 4.37. The van der Waals surface area contributed by atoms with Crippen molar-refractivity contribution in [3.63, 3.8) is 0 Å². The zero-order valence-corrected chi connectivity index (χ0v) is 10.6. The van der Waals surface area contributed by atoms with Crippen molar-refractivity contribution < 1.29 is 5.11 Å². The lowest BCUT2D eigenvalue weighted by Gasteiger charge is -2.25. The van der Waals surface area contributed by atoms with Crippen LogP contribution in [0.15, 0.2) is 18.5 Å². The Hall–Kier alpha value is -0.800. The molecule has 1 aromatic heterocycles. The first-order chi connectivity index (χ1) is 7.55. The smallest absolute Gasteiger partial charge is 0.0820 e. The molecule has 1 rings (SSSR count). The van der Waals surface area contributed by atoms with Crippen LogP contribution in [-0.4, -0.2) is 23.2 Å². The zero-order chi connectivity index (χ0) is 12.0. The zero-order valence-electron chi connectivity index (χ0n) is 9.83. The Morgan fingerprint density at radius 1 is 1.50 bits per heavy atom. The molecule has 0 aromatic carbocycles. The predicted octanol–water partition coefficient (Wildman–Crippen LogP) is 2.95. The second kappa shape index (κ2) is 6.06. The van der Waals surface area contributed by atoms with Gasteiger partial charge in [-0.15, -0.1) is 0 Å². The molecule has 0 fully saturated rings. The average Bonchev–Trinajstić information content (AvgIpc) is 2.26. The summed E-state index contributed by atoms with van der Waals surface area (Å²) >= 11 is 5.99. The van der Waals surface area contributed by atoms with Crippen LogP contribution in [0, 0.1) is 5.41 Å². The van der Waals surface area contributed by atoms with Crippen LogP contribution < -0.4 is 5.32 Å². The van der Waals surface area contributed by atoms with Crippen LogP contribution in [0.3, 0.4) is 0 Å². The van der Waals surface area contributed by atoms with E-state index in [0.717, 1.165) is 25.1 Å². The lowest BCUT2D eigenvalue weighted by Crippen LogP contribution is -2.23. The summed E-state index contributed by atoms with van der Waals surface area (Å²) in [7, 11) is 0. The Balaban J connectivity index is 2.47. The molecular formula is C12H19ClN2O. The summed E-state index contributed by atoms with van der Waals surface area (Å²) in [6, 6.07) is 1.87. The molecule has 0 aliphatic heterocycles. The predicted molar refractivity (Wildman–Crippen MR) is 67.8 cm³/mol. The van der Waals surface area contributed by atoms with Crippen molar-refractivity contribution in [1.29, 1.82) is 0 Å². The van der Waals surface area contributed by atoms with Gasteiger partial charge in [-0.25, -0.2) is 0 Å². The van der Waals surface area contributed by atoms with Gasteiger partial charge in [-0.3, -0.25) is 4.98 Å². The molecule has 0 bridgehead atoms. The van der Waals surface area contributed by atoms with E-state index in [-0.39, 0.29) is 12.0 Å². The van der Waals surface area contributed by atoms with Crippen LogP contribution in [0.25, 0.3) is 0 Å². The largest absolute Gasteiger partial charge is 0.396 e. The average molecular weight is 243 g/mol. The Morgan fingerprint density at radius 3 is 2.88 bits per heavy atom. The highest BCUT2D eigenvalue weighted by Crippen LogP contribution is 2.25. The minimum atomic E-state index is 0.148. The van der Waals surface area contributed by atoms with Crippen LogP contribution >= 0.6 is 11.6 Å². The number of hydrogen-bond acceptors (Lipinski definition) is 3. The van der Waals surface area contributed by atoms with Gasteiger partial charge in [0.05, 0.1) is 10.7 Å². The summed E-state index contributed by atoms with van der Waals surface area (Å²) in [5, 5.41) is 12.8. The molecule has 1 aromatic rings. The number of halogens is 1. The fourth-order valence-corrected chi connectivity index (χ4v) is 1.69. The number of anilines is 1. The first-order valence-electron chi connectivity index (χ1n) is 5.49. The fraction of sp³-hybridized carbons (Fsp3) is 0.583. The molecule has 0 amide bonds. The van der Waals surface area contributed by atoms with Gasteiger partial charge in [0.25, 0.3) is 0 Å². The summed E-state index contributed by atoms with van der Waals surface area (Å²) in [4.78, 5) is 3.93. The molecule has 0 aliphatic carbocycles. The molecule has 0 unspecified atom stereocenters. The van der Waals surface area contributed by atoms with E-state index in [4.69, 9.17) is 16.7 Å². The number of nitrogens with one attached hydrogen (secondary N) is 1. The molecule has 0 aliphatic rings. The van der Waals surface area contributed by atoms with Crippen molar-refractivity contribution in [2.24, 2.45) is 5.41 Å². The monoisotopic (exact) mass is 242 g/mol. The lowest BCUT2D eigenvalue weighted by atomic mass is 9.88. The van der Waals surface area contributed by atoms with Crippen molar-refractivity contribution in [2.75, 3.05) is 18.5 Å². The van der Waals surface area contributed by atoms with E-state index in [1.54, 1.807) is 12.4 Å². The molecule has 0 saturated carbocycles. The molecule has 0 radical (unpaired) electrons. The lowest BCUT2D eigenvalue weighted by molar-refractivity contribution is 0.248. The maximum Gasteiger partial charge on any atom is 0.0820 e. The summed E-state index contributed by atoms with van der Waals surface area (Å²) in [5.74, 6) is 0. The van der Waals surface area contributed by atoms with Gasteiger partial charge in [0.1, 0.15) is 0 Å². The molecule has 0 spiro atoms. The summed E-state index contributed by atoms with van der Waals surface area (Å²) < 4.78 is 0. The normalized spacial score (nSPS) is 11.5. The van der Waals surface area contributed by atoms with Crippen LogP contribution in [0.4, 0.5) is 5.69 Å². The van der Waals surface area contributed by atoms with E-state index in [0.29, 0.717) is 5.02 Å². The third-order valence-corrected chi connectivity index (χ3v) is 2.84. The summed E-state index contributed by atoms with van der Waals surface area (Å²) in [6.07, 6.45) is 5.16. The van der Waals surface area contributed by atoms with E-state index in [2.05, 4.69) is 24.1 Å². The number of nitrogens with zero attached hydrogens (tertiary/aromatic N) is 1. The maximum atomic E-state index is 8.81. The second-order valence-corrected chi connectivity index (χ2v) is 5.11. The Kier molecular flexibility index (Phi) is 5.03. The van der Waals surface area contributed by atoms with E-state index in [1.807, 2.05) is 6.07 Å². The fourth-order valence-electron chi connectivity index (χ4n) is 1.50. The minimum Gasteiger partial charge on any atom is -0.396 e. The maximum absolute atomic E-state index is 8.81. The van der Waals surface area contributed by atoms with Gasteiger partial charge in [-0.1, -0.05) is 25.4 Å². The molecule has 0 atom stereocenters. The Morgan fingerprint density at radius 2 is 2.25 bits per heavy atom. The van der Waals surface area contributed by atoms with E-state index >= 15 is 0 Å². The van der Waals surface area contributed by atoms with Crippen LogP contribution in [-0.2, 0) is 0 Å². The van der Waals surface area contributed by atoms with Gasteiger partial charge in [0, 0.05) is 25.5 Å². The third-order valence-electron chi connectivity index (χ3n) is 2.54. The number of aliphatic hydroxyl groups excluding tert-OH is 1. The van der Waals surface area contributed by atoms with Crippen molar-refractivity contribution in [3.05, 3.63) is 23.5 Å². The number of aliphatic hydroxyl groups is 1. The molecule has 3 nitrogen and oxygen atoms in total. The SMILES string of the molecule is CC(C)(CCCO)CNc1ccncc1Cl. The van der Waals surface area contributed by atoms with Crippen molar-refractivity contribution in [3.8, 4) is 0 Å². The van der Waals surface area contributed by atoms with Crippen molar-refractivity contribution in [1.82, 2.24) is 4.98 Å². The van der Waals surface area contributed by atoms with Gasteiger partial charge >= 0.3 is 0 Å². The minimum absolute atomic E-state index is 0.148. The highest BCUT2D eigenvalue weighted by molar-refractivity contribution is 6.33. The highest BCUT2D eigenvalue weighted by atomic mass is 35.5. The second-order valence-electron chi connectivity index (χ2n) is 4.70. The van der Waals surface area contributed by atoms with Gasteiger partial charge in [-0.05, 0) is 24.3 Å². The topological polar surface area (TPSA) is 45.1 Å². The molecule has 1 heterocycles. The van der Waals surface area contributed by atoms with Gasteiger partial charge in [0.15, 0.2) is 0 Å². The number of pyridine rings is 1. The Bertz CT molecular complexity index is 329.